The zero-order valence-electron chi connectivity index (χ0n) is 12.5. The summed E-state index contributed by atoms with van der Waals surface area (Å²) in [5.74, 6) is -0.852. The second-order valence-electron chi connectivity index (χ2n) is 8.12. The van der Waals surface area contributed by atoms with E-state index in [0.29, 0.717) is 28.7 Å². The molecule has 3 fully saturated rings. The van der Waals surface area contributed by atoms with Crippen molar-refractivity contribution in [2.45, 2.75) is 70.6 Å². The molecule has 5 atom stereocenters. The highest BCUT2D eigenvalue weighted by atomic mass is 19.3. The third kappa shape index (κ3) is 1.75. The van der Waals surface area contributed by atoms with Gasteiger partial charge in [-0.2, -0.15) is 0 Å². The Balaban J connectivity index is 1.71. The number of hydrogen-bond acceptors (Lipinski definition) is 0. The van der Waals surface area contributed by atoms with Gasteiger partial charge in [-0.05, 0) is 79.6 Å². The lowest BCUT2D eigenvalue weighted by Gasteiger charge is -2.54. The summed E-state index contributed by atoms with van der Waals surface area (Å²) in [5.41, 5.74) is 0.916. The van der Waals surface area contributed by atoms with Crippen LogP contribution in [0.2, 0.25) is 0 Å². The molecule has 4 rings (SSSR count). The van der Waals surface area contributed by atoms with E-state index in [1.807, 2.05) is 6.08 Å². The summed E-state index contributed by atoms with van der Waals surface area (Å²) in [7, 11) is 0. The van der Waals surface area contributed by atoms with Crippen molar-refractivity contribution in [3.63, 3.8) is 0 Å². The molecule has 20 heavy (non-hydrogen) atoms. The van der Waals surface area contributed by atoms with Gasteiger partial charge in [0.15, 0.2) is 0 Å². The highest BCUT2D eigenvalue weighted by molar-refractivity contribution is 5.25. The first-order valence-electron chi connectivity index (χ1n) is 8.60. The van der Waals surface area contributed by atoms with Crippen molar-refractivity contribution in [3.8, 4) is 0 Å². The van der Waals surface area contributed by atoms with Crippen LogP contribution in [0.4, 0.5) is 8.78 Å². The standard InChI is InChI=1S/C18H26F2/c1-17-9-4-7-15(17)14-11-18(19,20)16-6-3-2-5-13(16)12(14)8-10-17/h6,12-15H,2-5,7-11H2,1H3/t12-,13-,14-,15+,17+/m1/s1. The van der Waals surface area contributed by atoms with Crippen LogP contribution in [0.5, 0.6) is 0 Å². The molecular weight excluding hydrogens is 254 g/mol. The van der Waals surface area contributed by atoms with Crippen LogP contribution >= 0.6 is 0 Å². The summed E-state index contributed by atoms with van der Waals surface area (Å²) < 4.78 is 29.2. The molecule has 0 aromatic rings. The molecule has 0 radical (unpaired) electrons. The minimum Gasteiger partial charge on any atom is -0.202 e. The summed E-state index contributed by atoms with van der Waals surface area (Å²) in [6, 6.07) is 0. The van der Waals surface area contributed by atoms with Crippen LogP contribution < -0.4 is 0 Å². The van der Waals surface area contributed by atoms with E-state index < -0.39 is 5.92 Å². The SMILES string of the molecule is C[C@@]12CCC[C@H]1[C@@H]1CC(F)(F)C3=CCCC[C@@H]3[C@H]1CC2. The highest BCUT2D eigenvalue weighted by Gasteiger charge is 2.58. The molecule has 0 unspecified atom stereocenters. The Bertz CT molecular complexity index is 439. The Hall–Kier alpha value is -0.400. The van der Waals surface area contributed by atoms with Crippen molar-refractivity contribution in [3.05, 3.63) is 11.6 Å². The Morgan fingerprint density at radius 3 is 2.75 bits per heavy atom. The molecule has 4 aliphatic rings. The fourth-order valence-electron chi connectivity index (χ4n) is 6.28. The van der Waals surface area contributed by atoms with Gasteiger partial charge in [0.2, 0.25) is 0 Å². The molecule has 0 aliphatic heterocycles. The van der Waals surface area contributed by atoms with E-state index in [1.165, 1.54) is 32.1 Å². The van der Waals surface area contributed by atoms with Crippen molar-refractivity contribution in [1.29, 1.82) is 0 Å². The zero-order chi connectivity index (χ0) is 14.0. The van der Waals surface area contributed by atoms with Crippen LogP contribution in [0.3, 0.4) is 0 Å². The lowest BCUT2D eigenvalue weighted by Crippen LogP contribution is -2.50. The normalized spacial score (nSPS) is 49.9. The van der Waals surface area contributed by atoms with Gasteiger partial charge in [-0.3, -0.25) is 0 Å². The van der Waals surface area contributed by atoms with E-state index in [0.717, 1.165) is 19.3 Å². The molecule has 0 N–H and O–H groups in total. The van der Waals surface area contributed by atoms with Crippen LogP contribution in [0.1, 0.15) is 64.7 Å². The number of allylic oxidation sites excluding steroid dienone is 2. The van der Waals surface area contributed by atoms with Gasteiger partial charge in [0.25, 0.3) is 5.92 Å². The van der Waals surface area contributed by atoms with Gasteiger partial charge in [0, 0.05) is 6.42 Å². The number of alkyl halides is 2. The lowest BCUT2D eigenvalue weighted by molar-refractivity contribution is -0.0955. The zero-order valence-corrected chi connectivity index (χ0v) is 12.5. The summed E-state index contributed by atoms with van der Waals surface area (Å²) in [6.07, 6.45) is 11.3. The van der Waals surface area contributed by atoms with Gasteiger partial charge < -0.3 is 0 Å². The van der Waals surface area contributed by atoms with Crippen LogP contribution in [0, 0.1) is 29.1 Å². The quantitative estimate of drug-likeness (QED) is 0.508. The molecule has 0 spiro atoms. The summed E-state index contributed by atoms with van der Waals surface area (Å²) >= 11 is 0. The van der Waals surface area contributed by atoms with Gasteiger partial charge >= 0.3 is 0 Å². The maximum atomic E-state index is 14.6. The van der Waals surface area contributed by atoms with E-state index in [1.54, 1.807) is 0 Å². The molecule has 0 bridgehead atoms. The van der Waals surface area contributed by atoms with Crippen molar-refractivity contribution in [2.24, 2.45) is 29.1 Å². The lowest BCUT2D eigenvalue weighted by atomic mass is 9.52. The minimum absolute atomic E-state index is 0.153. The molecular formula is C18H26F2. The summed E-state index contributed by atoms with van der Waals surface area (Å²) in [6.45, 7) is 2.38. The van der Waals surface area contributed by atoms with Gasteiger partial charge in [-0.25, -0.2) is 8.78 Å². The average molecular weight is 280 g/mol. The molecule has 2 heteroatoms. The van der Waals surface area contributed by atoms with E-state index in [-0.39, 0.29) is 12.3 Å². The molecule has 0 amide bonds. The summed E-state index contributed by atoms with van der Waals surface area (Å²) in [4.78, 5) is 0. The average Bonchev–Trinajstić information content (AvgIpc) is 2.81. The first kappa shape index (κ1) is 13.3. The van der Waals surface area contributed by atoms with E-state index in [4.69, 9.17) is 0 Å². The Labute approximate surface area is 121 Å². The van der Waals surface area contributed by atoms with Crippen LogP contribution in [0.15, 0.2) is 11.6 Å². The fraction of sp³-hybridized carbons (Fsp3) is 0.889. The minimum atomic E-state index is -2.51. The molecule has 0 aromatic heterocycles. The smallest absolute Gasteiger partial charge is 0.202 e. The molecule has 0 heterocycles. The van der Waals surface area contributed by atoms with E-state index in [9.17, 15) is 8.78 Å². The predicted molar refractivity (Wildman–Crippen MR) is 76.7 cm³/mol. The van der Waals surface area contributed by atoms with Gasteiger partial charge in [0.1, 0.15) is 0 Å². The number of rotatable bonds is 0. The maximum absolute atomic E-state index is 14.6. The molecule has 3 saturated carbocycles. The summed E-state index contributed by atoms with van der Waals surface area (Å²) in [5, 5.41) is 0. The third-order valence-electron chi connectivity index (χ3n) is 7.19. The van der Waals surface area contributed by atoms with Crippen LogP contribution in [0.25, 0.3) is 0 Å². The van der Waals surface area contributed by atoms with Gasteiger partial charge in [-0.15, -0.1) is 0 Å². The Kier molecular flexibility index (Phi) is 2.86. The first-order chi connectivity index (χ1) is 9.51. The Morgan fingerprint density at radius 2 is 1.90 bits per heavy atom. The molecule has 0 nitrogen and oxygen atoms in total. The number of halogens is 2. The molecule has 0 aromatic carbocycles. The van der Waals surface area contributed by atoms with Crippen molar-refractivity contribution >= 4 is 0 Å². The predicted octanol–water partition coefficient (Wildman–Crippen LogP) is 5.58. The monoisotopic (exact) mass is 280 g/mol. The number of hydrogen-bond donors (Lipinski definition) is 0. The molecule has 112 valence electrons. The van der Waals surface area contributed by atoms with Crippen LogP contribution in [-0.2, 0) is 0 Å². The van der Waals surface area contributed by atoms with Gasteiger partial charge in [0.05, 0.1) is 0 Å². The van der Waals surface area contributed by atoms with Crippen molar-refractivity contribution in [1.82, 2.24) is 0 Å². The second kappa shape index (κ2) is 4.30. The number of fused-ring (bicyclic) bond motifs is 5. The van der Waals surface area contributed by atoms with E-state index in [2.05, 4.69) is 6.92 Å². The highest BCUT2D eigenvalue weighted by Crippen LogP contribution is 2.64. The second-order valence-corrected chi connectivity index (χ2v) is 8.12. The van der Waals surface area contributed by atoms with Crippen molar-refractivity contribution in [2.75, 3.05) is 0 Å². The molecule has 0 saturated heterocycles. The van der Waals surface area contributed by atoms with E-state index >= 15 is 0 Å². The third-order valence-corrected chi connectivity index (χ3v) is 7.19. The largest absolute Gasteiger partial charge is 0.269 e. The fourth-order valence-corrected chi connectivity index (χ4v) is 6.28. The first-order valence-corrected chi connectivity index (χ1v) is 8.60. The van der Waals surface area contributed by atoms with Crippen LogP contribution in [-0.4, -0.2) is 5.92 Å². The topological polar surface area (TPSA) is 0 Å². The van der Waals surface area contributed by atoms with Crippen molar-refractivity contribution < 1.29 is 8.78 Å². The maximum Gasteiger partial charge on any atom is 0.269 e. The Morgan fingerprint density at radius 1 is 1.05 bits per heavy atom. The van der Waals surface area contributed by atoms with Gasteiger partial charge in [-0.1, -0.05) is 19.4 Å². The molecule has 4 aliphatic carbocycles.